The fourth-order valence-electron chi connectivity index (χ4n) is 2.61. The van der Waals surface area contributed by atoms with E-state index in [0.29, 0.717) is 0 Å². The van der Waals surface area contributed by atoms with Crippen LogP contribution in [0.25, 0.3) is 0 Å². The summed E-state index contributed by atoms with van der Waals surface area (Å²) in [6.07, 6.45) is 4.59. The zero-order chi connectivity index (χ0) is 10.7. The van der Waals surface area contributed by atoms with E-state index in [9.17, 15) is 0 Å². The van der Waals surface area contributed by atoms with Gasteiger partial charge < -0.3 is 11.1 Å². The van der Waals surface area contributed by atoms with E-state index in [2.05, 4.69) is 36.6 Å². The molecule has 1 aliphatic carbocycles. The fraction of sp³-hybridized carbons (Fsp3) is 0.571. The van der Waals surface area contributed by atoms with Crippen molar-refractivity contribution in [2.75, 3.05) is 13.6 Å². The zero-order valence-electron chi connectivity index (χ0n) is 9.42. The molecular formula is C14H24N2. The molecule has 0 heterocycles. The second kappa shape index (κ2) is 5.46. The van der Waals surface area contributed by atoms with Gasteiger partial charge >= 0.3 is 0 Å². The molecule has 0 radical (unpaired) electrons. The lowest BCUT2D eigenvalue weighted by Gasteiger charge is -2.28. The molecule has 0 unspecified atom stereocenters. The van der Waals surface area contributed by atoms with Crippen LogP contribution < -0.4 is 11.1 Å². The molecule has 0 atom stereocenters. The summed E-state index contributed by atoms with van der Waals surface area (Å²) in [6, 6.07) is 8.76. The Labute approximate surface area is 99.2 Å². The minimum absolute atomic E-state index is 0. The van der Waals surface area contributed by atoms with Crippen molar-refractivity contribution in [1.29, 1.82) is 0 Å². The molecule has 0 saturated heterocycles. The Morgan fingerprint density at radius 3 is 2.25 bits per heavy atom. The zero-order valence-corrected chi connectivity index (χ0v) is 9.42. The number of hydrogen-bond acceptors (Lipinski definition) is 2. The normalized spacial score (nSPS) is 16.6. The lowest BCUT2D eigenvalue weighted by Crippen LogP contribution is -2.44. The van der Waals surface area contributed by atoms with Crippen LogP contribution in [0.4, 0.5) is 0 Å². The van der Waals surface area contributed by atoms with Crippen LogP contribution in [0, 0.1) is 0 Å². The van der Waals surface area contributed by atoms with Gasteiger partial charge in [-0.1, -0.05) is 31.7 Å². The summed E-state index contributed by atoms with van der Waals surface area (Å²) in [5.41, 5.74) is 8.87. The van der Waals surface area contributed by atoms with Gasteiger partial charge in [0.15, 0.2) is 0 Å². The lowest BCUT2D eigenvalue weighted by molar-refractivity contribution is 0.334. The summed E-state index contributed by atoms with van der Waals surface area (Å²) in [6.45, 7) is 0.791. The van der Waals surface area contributed by atoms with Gasteiger partial charge in [0.25, 0.3) is 0 Å². The molecule has 1 aliphatic rings. The number of likely N-dealkylation sites (N-methyl/N-ethyl adjacent to an activating group) is 1. The van der Waals surface area contributed by atoms with Gasteiger partial charge in [-0.25, -0.2) is 0 Å². The van der Waals surface area contributed by atoms with Crippen LogP contribution in [0.3, 0.4) is 0 Å². The highest BCUT2D eigenvalue weighted by atomic mass is 14.9. The predicted molar refractivity (Wildman–Crippen MR) is 70.7 cm³/mol. The second-order valence-electron chi connectivity index (χ2n) is 4.54. The first-order valence-electron chi connectivity index (χ1n) is 5.75. The van der Waals surface area contributed by atoms with E-state index in [1.54, 1.807) is 0 Å². The molecule has 0 fully saturated rings. The Morgan fingerprint density at radius 1 is 1.25 bits per heavy atom. The van der Waals surface area contributed by atoms with E-state index in [1.165, 1.54) is 17.5 Å². The van der Waals surface area contributed by atoms with Crippen molar-refractivity contribution in [2.24, 2.45) is 5.73 Å². The molecule has 1 aromatic rings. The van der Waals surface area contributed by atoms with Crippen LogP contribution >= 0.6 is 0 Å². The number of fused-ring (bicyclic) bond motifs is 1. The highest BCUT2D eigenvalue weighted by Crippen LogP contribution is 2.32. The molecular weight excluding hydrogens is 196 g/mol. The maximum absolute atomic E-state index is 5.60. The minimum Gasteiger partial charge on any atom is -0.330 e. The molecule has 0 spiro atoms. The van der Waals surface area contributed by atoms with E-state index < -0.39 is 0 Å². The van der Waals surface area contributed by atoms with Gasteiger partial charge in [-0.2, -0.15) is 0 Å². The number of nitrogens with two attached hydrogens (primary N) is 1. The summed E-state index contributed by atoms with van der Waals surface area (Å²) in [4.78, 5) is 0. The van der Waals surface area contributed by atoms with E-state index >= 15 is 0 Å². The van der Waals surface area contributed by atoms with Crippen LogP contribution in [-0.4, -0.2) is 19.1 Å². The van der Waals surface area contributed by atoms with Gasteiger partial charge in [-0.15, -0.1) is 0 Å². The maximum atomic E-state index is 5.60. The van der Waals surface area contributed by atoms with Gasteiger partial charge in [0, 0.05) is 5.54 Å². The first kappa shape index (κ1) is 13.2. The molecule has 3 N–H and O–H groups in total. The van der Waals surface area contributed by atoms with Crippen LogP contribution in [0.15, 0.2) is 24.3 Å². The Kier molecular flexibility index (Phi) is 4.51. The van der Waals surface area contributed by atoms with Crippen molar-refractivity contribution in [2.45, 2.75) is 38.6 Å². The summed E-state index contributed by atoms with van der Waals surface area (Å²) < 4.78 is 0. The maximum Gasteiger partial charge on any atom is 0.0259 e. The van der Waals surface area contributed by atoms with Gasteiger partial charge in [-0.05, 0) is 50.4 Å². The Balaban J connectivity index is 0.00000128. The Hall–Kier alpha value is -0.860. The monoisotopic (exact) mass is 220 g/mol. The third-order valence-electron chi connectivity index (χ3n) is 3.57. The molecule has 0 aliphatic heterocycles. The third-order valence-corrected chi connectivity index (χ3v) is 3.57. The van der Waals surface area contributed by atoms with Crippen LogP contribution in [-0.2, 0) is 12.8 Å². The second-order valence-corrected chi connectivity index (χ2v) is 4.54. The van der Waals surface area contributed by atoms with Crippen molar-refractivity contribution in [3.63, 3.8) is 0 Å². The summed E-state index contributed by atoms with van der Waals surface area (Å²) in [5, 5.41) is 3.50. The highest BCUT2D eigenvalue weighted by molar-refractivity contribution is 5.36. The predicted octanol–water partition coefficient (Wildman–Crippen LogP) is 2.12. The number of nitrogens with one attached hydrogen (secondary N) is 1. The van der Waals surface area contributed by atoms with E-state index in [1.807, 2.05) is 0 Å². The van der Waals surface area contributed by atoms with Crippen molar-refractivity contribution in [3.05, 3.63) is 35.4 Å². The molecule has 2 nitrogen and oxygen atoms in total. The Morgan fingerprint density at radius 2 is 1.81 bits per heavy atom. The van der Waals surface area contributed by atoms with Crippen molar-refractivity contribution in [1.82, 2.24) is 5.32 Å². The largest absolute Gasteiger partial charge is 0.330 e. The van der Waals surface area contributed by atoms with E-state index in [0.717, 1.165) is 25.8 Å². The van der Waals surface area contributed by atoms with Crippen molar-refractivity contribution < 1.29 is 0 Å². The molecule has 0 amide bonds. The third kappa shape index (κ3) is 2.45. The molecule has 2 heteroatoms. The Bertz CT molecular complexity index is 308. The van der Waals surface area contributed by atoms with E-state index in [-0.39, 0.29) is 13.0 Å². The number of benzene rings is 1. The minimum atomic E-state index is 0. The summed E-state index contributed by atoms with van der Waals surface area (Å²) in [5.74, 6) is 0. The SMILES string of the molecule is C.CNC1(CCCN)Cc2ccccc2C1. The first-order valence-corrected chi connectivity index (χ1v) is 5.75. The molecule has 2 rings (SSSR count). The lowest BCUT2D eigenvalue weighted by atomic mass is 9.90. The topological polar surface area (TPSA) is 38.0 Å². The molecule has 0 saturated carbocycles. The molecule has 1 aromatic carbocycles. The van der Waals surface area contributed by atoms with E-state index in [4.69, 9.17) is 5.73 Å². The summed E-state index contributed by atoms with van der Waals surface area (Å²) >= 11 is 0. The summed E-state index contributed by atoms with van der Waals surface area (Å²) in [7, 11) is 2.07. The van der Waals surface area contributed by atoms with Gasteiger partial charge in [0.05, 0.1) is 0 Å². The van der Waals surface area contributed by atoms with Crippen molar-refractivity contribution in [3.8, 4) is 0 Å². The average Bonchev–Trinajstić information content (AvgIpc) is 2.65. The van der Waals surface area contributed by atoms with Crippen LogP contribution in [0.5, 0.6) is 0 Å². The van der Waals surface area contributed by atoms with Gasteiger partial charge in [0.1, 0.15) is 0 Å². The average molecular weight is 220 g/mol. The van der Waals surface area contributed by atoms with Crippen molar-refractivity contribution >= 4 is 0 Å². The van der Waals surface area contributed by atoms with Gasteiger partial charge in [-0.3, -0.25) is 0 Å². The number of rotatable bonds is 4. The molecule has 0 bridgehead atoms. The van der Waals surface area contributed by atoms with Gasteiger partial charge in [0.2, 0.25) is 0 Å². The highest BCUT2D eigenvalue weighted by Gasteiger charge is 2.34. The standard InChI is InChI=1S/C13H20N2.CH4/c1-15-13(7-4-8-14)9-11-5-2-3-6-12(11)10-13;/h2-3,5-6,15H,4,7-10,14H2,1H3;1H4. The molecule has 16 heavy (non-hydrogen) atoms. The number of hydrogen-bond donors (Lipinski definition) is 2. The van der Waals surface area contributed by atoms with Crippen LogP contribution in [0.2, 0.25) is 0 Å². The first-order chi connectivity index (χ1) is 7.29. The smallest absolute Gasteiger partial charge is 0.0259 e. The molecule has 0 aromatic heterocycles. The molecule has 90 valence electrons. The van der Waals surface area contributed by atoms with Crippen LogP contribution in [0.1, 0.15) is 31.4 Å². The quantitative estimate of drug-likeness (QED) is 0.815. The fourth-order valence-corrected chi connectivity index (χ4v) is 2.61.